The highest BCUT2D eigenvalue weighted by molar-refractivity contribution is 6.03. The number of esters is 1. The normalized spacial score (nSPS) is 11.2. The second kappa shape index (κ2) is 6.30. The number of ether oxygens (including phenoxy) is 1. The van der Waals surface area contributed by atoms with Gasteiger partial charge in [-0.1, -0.05) is 0 Å². The molecule has 1 aromatic heterocycles. The van der Waals surface area contributed by atoms with Crippen molar-refractivity contribution in [3.63, 3.8) is 0 Å². The standard InChI is InChI=1S/C14H13F3N4O3/c1-7-4-9(6-10(5-7)24-8(2)22)11(23)18-13-19-12(14(15,16)17)21(3)20-13/h4-6H,1-3H3,(H,18,20,23). The largest absolute Gasteiger partial charge is 0.451 e. The highest BCUT2D eigenvalue weighted by Gasteiger charge is 2.37. The fourth-order valence-corrected chi connectivity index (χ4v) is 1.96. The first kappa shape index (κ1) is 17.4. The average molecular weight is 342 g/mol. The Kier molecular flexibility index (Phi) is 4.58. The van der Waals surface area contributed by atoms with E-state index in [0.717, 1.165) is 7.05 Å². The molecule has 1 amide bonds. The van der Waals surface area contributed by atoms with E-state index in [1.165, 1.54) is 19.1 Å². The van der Waals surface area contributed by atoms with Gasteiger partial charge in [0.15, 0.2) is 0 Å². The summed E-state index contributed by atoms with van der Waals surface area (Å²) in [6, 6.07) is 4.31. The van der Waals surface area contributed by atoms with Crippen molar-refractivity contribution < 1.29 is 27.5 Å². The van der Waals surface area contributed by atoms with E-state index >= 15 is 0 Å². The number of benzene rings is 1. The van der Waals surface area contributed by atoms with Gasteiger partial charge in [-0.3, -0.25) is 14.9 Å². The molecule has 0 fully saturated rings. The summed E-state index contributed by atoms with van der Waals surface area (Å²) in [6.45, 7) is 2.88. The van der Waals surface area contributed by atoms with E-state index in [-0.39, 0.29) is 11.3 Å². The van der Waals surface area contributed by atoms with Crippen LogP contribution in [0.4, 0.5) is 19.1 Å². The van der Waals surface area contributed by atoms with Gasteiger partial charge in [0.25, 0.3) is 5.91 Å². The van der Waals surface area contributed by atoms with Crippen LogP contribution in [0.3, 0.4) is 0 Å². The Morgan fingerprint density at radius 3 is 2.46 bits per heavy atom. The number of rotatable bonds is 3. The molecule has 24 heavy (non-hydrogen) atoms. The Balaban J connectivity index is 2.24. The third-order valence-corrected chi connectivity index (χ3v) is 2.82. The lowest BCUT2D eigenvalue weighted by atomic mass is 10.1. The molecule has 0 saturated carbocycles. The monoisotopic (exact) mass is 342 g/mol. The van der Waals surface area contributed by atoms with E-state index < -0.39 is 29.8 Å². The van der Waals surface area contributed by atoms with Gasteiger partial charge in [0, 0.05) is 19.5 Å². The molecule has 0 aliphatic rings. The number of anilines is 1. The van der Waals surface area contributed by atoms with Gasteiger partial charge in [-0.2, -0.15) is 18.2 Å². The number of hydrogen-bond acceptors (Lipinski definition) is 5. The van der Waals surface area contributed by atoms with Crippen LogP contribution in [0.5, 0.6) is 5.75 Å². The fourth-order valence-electron chi connectivity index (χ4n) is 1.96. The maximum absolute atomic E-state index is 12.7. The first-order valence-corrected chi connectivity index (χ1v) is 6.66. The van der Waals surface area contributed by atoms with E-state index in [4.69, 9.17) is 4.74 Å². The molecule has 1 aromatic carbocycles. The van der Waals surface area contributed by atoms with Gasteiger partial charge in [-0.15, -0.1) is 5.10 Å². The molecule has 0 radical (unpaired) electrons. The summed E-state index contributed by atoms with van der Waals surface area (Å²) in [5, 5.41) is 5.68. The van der Waals surface area contributed by atoms with Crippen LogP contribution >= 0.6 is 0 Å². The van der Waals surface area contributed by atoms with Gasteiger partial charge in [0.05, 0.1) is 0 Å². The van der Waals surface area contributed by atoms with Gasteiger partial charge < -0.3 is 4.74 Å². The van der Waals surface area contributed by atoms with E-state index in [9.17, 15) is 22.8 Å². The predicted octanol–water partition coefficient (Wildman–Crippen LogP) is 2.32. The lowest BCUT2D eigenvalue weighted by Crippen LogP contribution is -2.14. The van der Waals surface area contributed by atoms with Crippen LogP contribution in [0.2, 0.25) is 0 Å². The van der Waals surface area contributed by atoms with Crippen molar-refractivity contribution >= 4 is 17.8 Å². The molecular formula is C14H13F3N4O3. The molecule has 0 saturated heterocycles. The van der Waals surface area contributed by atoms with Crippen LogP contribution < -0.4 is 10.1 Å². The zero-order valence-corrected chi connectivity index (χ0v) is 12.9. The zero-order chi connectivity index (χ0) is 18.1. The summed E-state index contributed by atoms with van der Waals surface area (Å²) in [5.74, 6) is -2.86. The van der Waals surface area contributed by atoms with Gasteiger partial charge in [0.2, 0.25) is 11.8 Å². The second-order valence-corrected chi connectivity index (χ2v) is 4.96. The number of aromatic nitrogens is 3. The smallest absolute Gasteiger partial charge is 0.427 e. The third-order valence-electron chi connectivity index (χ3n) is 2.82. The fraction of sp³-hybridized carbons (Fsp3) is 0.286. The van der Waals surface area contributed by atoms with Gasteiger partial charge in [-0.25, -0.2) is 4.68 Å². The molecule has 10 heteroatoms. The zero-order valence-electron chi connectivity index (χ0n) is 12.9. The molecule has 0 unspecified atom stereocenters. The van der Waals surface area contributed by atoms with E-state index in [1.54, 1.807) is 13.0 Å². The first-order valence-electron chi connectivity index (χ1n) is 6.66. The quantitative estimate of drug-likeness (QED) is 0.683. The minimum absolute atomic E-state index is 0.0901. The number of halogens is 3. The molecule has 7 nitrogen and oxygen atoms in total. The third kappa shape index (κ3) is 4.09. The molecule has 0 spiro atoms. The van der Waals surface area contributed by atoms with Crippen molar-refractivity contribution in [2.45, 2.75) is 20.0 Å². The SMILES string of the molecule is CC(=O)Oc1cc(C)cc(C(=O)Nc2nc(C(F)(F)F)n(C)n2)c1. The molecule has 0 aliphatic heterocycles. The summed E-state index contributed by atoms with van der Waals surface area (Å²) >= 11 is 0. The number of carbonyl (C=O) groups is 2. The predicted molar refractivity (Wildman–Crippen MR) is 76.4 cm³/mol. The molecule has 128 valence electrons. The van der Waals surface area contributed by atoms with Crippen LogP contribution in [-0.2, 0) is 18.0 Å². The Labute approximate surface area is 134 Å². The van der Waals surface area contributed by atoms with Crippen LogP contribution in [0.15, 0.2) is 18.2 Å². The number of nitrogens with zero attached hydrogens (tertiary/aromatic N) is 3. The average Bonchev–Trinajstić information content (AvgIpc) is 2.78. The molecule has 0 bridgehead atoms. The van der Waals surface area contributed by atoms with Crippen molar-refractivity contribution in [1.82, 2.24) is 14.8 Å². The summed E-state index contributed by atoms with van der Waals surface area (Å²) in [5.41, 5.74) is 0.719. The van der Waals surface area contributed by atoms with Gasteiger partial charge in [-0.05, 0) is 30.7 Å². The number of hydrogen-bond donors (Lipinski definition) is 1. The van der Waals surface area contributed by atoms with Gasteiger partial charge >= 0.3 is 12.1 Å². The summed E-state index contributed by atoms with van der Waals surface area (Å²) in [4.78, 5) is 26.4. The Morgan fingerprint density at radius 2 is 1.92 bits per heavy atom. The van der Waals surface area contributed by atoms with Crippen LogP contribution in [0, 0.1) is 6.92 Å². The maximum atomic E-state index is 12.7. The van der Waals surface area contributed by atoms with E-state index in [1.807, 2.05) is 0 Å². The van der Waals surface area contributed by atoms with Crippen LogP contribution in [0.1, 0.15) is 28.7 Å². The highest BCUT2D eigenvalue weighted by Crippen LogP contribution is 2.28. The van der Waals surface area contributed by atoms with Crippen LogP contribution in [0.25, 0.3) is 0 Å². The lowest BCUT2D eigenvalue weighted by molar-refractivity contribution is -0.147. The molecule has 1 heterocycles. The van der Waals surface area contributed by atoms with Crippen molar-refractivity contribution in [1.29, 1.82) is 0 Å². The number of nitrogens with one attached hydrogen (secondary N) is 1. The molecular weight excluding hydrogens is 329 g/mol. The molecule has 2 rings (SSSR count). The summed E-state index contributed by atoms with van der Waals surface area (Å²) in [6.07, 6.45) is -4.68. The van der Waals surface area contributed by atoms with Crippen molar-refractivity contribution in [3.05, 3.63) is 35.2 Å². The van der Waals surface area contributed by atoms with Crippen molar-refractivity contribution in [3.8, 4) is 5.75 Å². The Morgan fingerprint density at radius 1 is 1.25 bits per heavy atom. The van der Waals surface area contributed by atoms with Crippen molar-refractivity contribution in [2.75, 3.05) is 5.32 Å². The number of alkyl halides is 3. The number of carbonyl (C=O) groups excluding carboxylic acids is 2. The molecule has 0 aliphatic carbocycles. The topological polar surface area (TPSA) is 86.1 Å². The van der Waals surface area contributed by atoms with Crippen molar-refractivity contribution in [2.24, 2.45) is 7.05 Å². The number of aryl methyl sites for hydroxylation is 2. The summed E-state index contributed by atoms with van der Waals surface area (Å²) in [7, 11) is 1.07. The van der Waals surface area contributed by atoms with Gasteiger partial charge in [0.1, 0.15) is 5.75 Å². The Hall–Kier alpha value is -2.91. The van der Waals surface area contributed by atoms with E-state index in [2.05, 4.69) is 15.4 Å². The first-order chi connectivity index (χ1) is 11.1. The lowest BCUT2D eigenvalue weighted by Gasteiger charge is -2.06. The summed E-state index contributed by atoms with van der Waals surface area (Å²) < 4.78 is 43.4. The van der Waals surface area contributed by atoms with Crippen LogP contribution in [-0.4, -0.2) is 26.6 Å². The molecule has 0 atom stereocenters. The molecule has 1 N–H and O–H groups in total. The minimum atomic E-state index is -4.68. The number of amides is 1. The molecule has 2 aromatic rings. The maximum Gasteiger partial charge on any atom is 0.451 e. The highest BCUT2D eigenvalue weighted by atomic mass is 19.4. The van der Waals surface area contributed by atoms with E-state index in [0.29, 0.717) is 10.2 Å². The Bertz CT molecular complexity index is 799. The minimum Gasteiger partial charge on any atom is -0.427 e. The second-order valence-electron chi connectivity index (χ2n) is 4.96.